The summed E-state index contributed by atoms with van der Waals surface area (Å²) >= 11 is 0. The molecule has 1 aromatic heterocycles. The average molecular weight is 365 g/mol. The van der Waals surface area contributed by atoms with E-state index in [2.05, 4.69) is 15.6 Å². The molecule has 1 amide bonds. The summed E-state index contributed by atoms with van der Waals surface area (Å²) in [4.78, 5) is 16.5. The number of pyridine rings is 1. The number of halogens is 1. The maximum atomic E-state index is 12.9. The second kappa shape index (κ2) is 8.80. The van der Waals surface area contributed by atoms with Gasteiger partial charge in [0.2, 0.25) is 0 Å². The number of methoxy groups -OCH3 is 1. The van der Waals surface area contributed by atoms with Gasteiger partial charge in [0, 0.05) is 18.4 Å². The number of carbonyl (C=O) groups excluding carboxylic acids is 1. The molecule has 3 aromatic rings. The molecular weight excluding hydrogens is 345 g/mol. The van der Waals surface area contributed by atoms with Gasteiger partial charge in [-0.3, -0.25) is 4.79 Å². The molecule has 5 nitrogen and oxygen atoms in total. The van der Waals surface area contributed by atoms with E-state index < -0.39 is 0 Å². The van der Waals surface area contributed by atoms with Crippen LogP contribution in [0.3, 0.4) is 0 Å². The summed E-state index contributed by atoms with van der Waals surface area (Å²) in [5.74, 6) is 0.899. The molecule has 0 bridgehead atoms. The van der Waals surface area contributed by atoms with Crippen molar-refractivity contribution >= 4 is 17.4 Å². The summed E-state index contributed by atoms with van der Waals surface area (Å²) in [5, 5.41) is 5.93. The molecule has 0 atom stereocenters. The van der Waals surface area contributed by atoms with Crippen molar-refractivity contribution in [2.24, 2.45) is 0 Å². The number of carbonyl (C=O) groups is 1. The number of aromatic nitrogens is 1. The van der Waals surface area contributed by atoms with E-state index in [1.165, 1.54) is 30.5 Å². The van der Waals surface area contributed by atoms with Crippen LogP contribution in [0.15, 0.2) is 66.9 Å². The highest BCUT2D eigenvalue weighted by atomic mass is 19.1. The molecule has 0 radical (unpaired) electrons. The van der Waals surface area contributed by atoms with Crippen molar-refractivity contribution in [2.45, 2.75) is 6.42 Å². The predicted octanol–water partition coefficient (Wildman–Crippen LogP) is 4.14. The molecular formula is C21H20FN3O2. The van der Waals surface area contributed by atoms with Gasteiger partial charge in [0.15, 0.2) is 0 Å². The fourth-order valence-corrected chi connectivity index (χ4v) is 2.60. The molecule has 0 aliphatic rings. The first kappa shape index (κ1) is 18.4. The molecule has 0 saturated heterocycles. The van der Waals surface area contributed by atoms with Crippen LogP contribution >= 0.6 is 0 Å². The molecule has 0 spiro atoms. The van der Waals surface area contributed by atoms with E-state index in [1.54, 1.807) is 19.2 Å². The second-order valence-electron chi connectivity index (χ2n) is 5.88. The van der Waals surface area contributed by atoms with Crippen LogP contribution in [0.4, 0.5) is 15.9 Å². The topological polar surface area (TPSA) is 63.2 Å². The number of anilines is 2. The van der Waals surface area contributed by atoms with Crippen molar-refractivity contribution < 1.29 is 13.9 Å². The maximum Gasteiger partial charge on any atom is 0.257 e. The zero-order chi connectivity index (χ0) is 19.1. The van der Waals surface area contributed by atoms with Gasteiger partial charge >= 0.3 is 0 Å². The van der Waals surface area contributed by atoms with Crippen LogP contribution in [0, 0.1) is 5.82 Å². The normalized spacial score (nSPS) is 10.3. The summed E-state index contributed by atoms with van der Waals surface area (Å²) in [6.45, 7) is 0.689. The fraction of sp³-hybridized carbons (Fsp3) is 0.143. The number of rotatable bonds is 7. The quantitative estimate of drug-likeness (QED) is 0.661. The number of amides is 1. The lowest BCUT2D eigenvalue weighted by molar-refractivity contribution is 0.102. The number of benzene rings is 2. The van der Waals surface area contributed by atoms with E-state index in [4.69, 9.17) is 4.74 Å². The number of nitrogens with zero attached hydrogens (tertiary/aromatic N) is 1. The first-order chi connectivity index (χ1) is 13.2. The van der Waals surface area contributed by atoms with Crippen LogP contribution < -0.4 is 15.4 Å². The molecule has 6 heteroatoms. The Kier molecular flexibility index (Phi) is 5.99. The van der Waals surface area contributed by atoms with E-state index in [1.807, 2.05) is 24.3 Å². The minimum absolute atomic E-state index is 0.297. The molecule has 138 valence electrons. The van der Waals surface area contributed by atoms with Gasteiger partial charge in [-0.25, -0.2) is 9.37 Å². The molecule has 2 aromatic carbocycles. The minimum atomic E-state index is -0.349. The average Bonchev–Trinajstić information content (AvgIpc) is 2.70. The number of hydrogen-bond donors (Lipinski definition) is 2. The minimum Gasteiger partial charge on any atom is -0.496 e. The summed E-state index contributed by atoms with van der Waals surface area (Å²) in [6, 6.07) is 16.9. The summed E-state index contributed by atoms with van der Waals surface area (Å²) in [6.07, 6.45) is 2.29. The van der Waals surface area contributed by atoms with Gasteiger partial charge in [-0.2, -0.15) is 0 Å². The SMILES string of the molecule is COc1ccccc1CCNc1ccc(C(=O)Nc2ccc(F)cc2)cn1. The van der Waals surface area contributed by atoms with Crippen LogP contribution in [0.1, 0.15) is 15.9 Å². The summed E-state index contributed by atoms with van der Waals surface area (Å²) < 4.78 is 18.2. The molecule has 0 unspecified atom stereocenters. The third kappa shape index (κ3) is 5.04. The lowest BCUT2D eigenvalue weighted by Crippen LogP contribution is -2.13. The van der Waals surface area contributed by atoms with E-state index in [0.717, 1.165) is 17.7 Å². The van der Waals surface area contributed by atoms with Gasteiger partial charge in [-0.05, 0) is 54.4 Å². The van der Waals surface area contributed by atoms with Crippen molar-refractivity contribution in [1.29, 1.82) is 0 Å². The zero-order valence-electron chi connectivity index (χ0n) is 14.9. The van der Waals surface area contributed by atoms with Crippen LogP contribution in [-0.4, -0.2) is 24.5 Å². The number of hydrogen-bond acceptors (Lipinski definition) is 4. The summed E-state index contributed by atoms with van der Waals surface area (Å²) in [7, 11) is 1.66. The molecule has 0 aliphatic carbocycles. The van der Waals surface area contributed by atoms with Gasteiger partial charge in [-0.1, -0.05) is 18.2 Å². The Labute approximate surface area is 157 Å². The van der Waals surface area contributed by atoms with E-state index >= 15 is 0 Å². The lowest BCUT2D eigenvalue weighted by atomic mass is 10.1. The van der Waals surface area contributed by atoms with E-state index in [9.17, 15) is 9.18 Å². The van der Waals surface area contributed by atoms with Crippen LogP contribution in [0.5, 0.6) is 5.75 Å². The highest BCUT2D eigenvalue weighted by Gasteiger charge is 2.07. The van der Waals surface area contributed by atoms with Crippen LogP contribution in [0.2, 0.25) is 0 Å². The van der Waals surface area contributed by atoms with Gasteiger partial charge in [0.05, 0.1) is 12.7 Å². The van der Waals surface area contributed by atoms with Crippen molar-refractivity contribution in [3.05, 3.63) is 83.8 Å². The van der Waals surface area contributed by atoms with Crippen LogP contribution in [0.25, 0.3) is 0 Å². The van der Waals surface area contributed by atoms with Gasteiger partial charge in [-0.15, -0.1) is 0 Å². The van der Waals surface area contributed by atoms with Gasteiger partial charge in [0.25, 0.3) is 5.91 Å². The highest BCUT2D eigenvalue weighted by Crippen LogP contribution is 2.18. The standard InChI is InChI=1S/C21H20FN3O2/c1-27-19-5-3-2-4-15(19)12-13-23-20-11-6-16(14-24-20)21(26)25-18-9-7-17(22)8-10-18/h2-11,14H,12-13H2,1H3,(H,23,24)(H,25,26). The Morgan fingerprint density at radius 2 is 1.85 bits per heavy atom. The molecule has 2 N–H and O–H groups in total. The van der Waals surface area contributed by atoms with E-state index in [0.29, 0.717) is 23.6 Å². The van der Waals surface area contributed by atoms with Gasteiger partial charge < -0.3 is 15.4 Å². The Morgan fingerprint density at radius 1 is 1.07 bits per heavy atom. The Bertz CT molecular complexity index is 896. The molecule has 27 heavy (non-hydrogen) atoms. The van der Waals surface area contributed by atoms with Crippen molar-refractivity contribution in [3.63, 3.8) is 0 Å². The Morgan fingerprint density at radius 3 is 2.56 bits per heavy atom. The molecule has 0 saturated carbocycles. The predicted molar refractivity (Wildman–Crippen MR) is 104 cm³/mol. The number of ether oxygens (including phenoxy) is 1. The summed E-state index contributed by atoms with van der Waals surface area (Å²) in [5.41, 5.74) is 2.07. The number of para-hydroxylation sites is 1. The van der Waals surface area contributed by atoms with Crippen molar-refractivity contribution in [2.75, 3.05) is 24.3 Å². The molecule has 1 heterocycles. The Hall–Kier alpha value is -3.41. The van der Waals surface area contributed by atoms with E-state index in [-0.39, 0.29) is 11.7 Å². The lowest BCUT2D eigenvalue weighted by Gasteiger charge is -2.10. The third-order valence-electron chi connectivity index (χ3n) is 4.02. The molecule has 3 rings (SSSR count). The monoisotopic (exact) mass is 365 g/mol. The van der Waals surface area contributed by atoms with Crippen molar-refractivity contribution in [1.82, 2.24) is 4.98 Å². The smallest absolute Gasteiger partial charge is 0.257 e. The first-order valence-electron chi connectivity index (χ1n) is 8.54. The fourth-order valence-electron chi connectivity index (χ4n) is 2.60. The van der Waals surface area contributed by atoms with Crippen molar-refractivity contribution in [3.8, 4) is 5.75 Å². The van der Waals surface area contributed by atoms with Crippen LogP contribution in [-0.2, 0) is 6.42 Å². The highest BCUT2D eigenvalue weighted by molar-refractivity contribution is 6.04. The maximum absolute atomic E-state index is 12.9. The molecule has 0 fully saturated rings. The third-order valence-corrected chi connectivity index (χ3v) is 4.02. The second-order valence-corrected chi connectivity index (χ2v) is 5.88. The molecule has 0 aliphatic heterocycles. The zero-order valence-corrected chi connectivity index (χ0v) is 14.9. The first-order valence-corrected chi connectivity index (χ1v) is 8.54. The number of nitrogens with one attached hydrogen (secondary N) is 2. The Balaban J connectivity index is 1.53. The van der Waals surface area contributed by atoms with Gasteiger partial charge in [0.1, 0.15) is 17.4 Å². The largest absolute Gasteiger partial charge is 0.496 e.